The fourth-order valence-electron chi connectivity index (χ4n) is 2.24. The van der Waals surface area contributed by atoms with E-state index in [1.807, 2.05) is 30.3 Å². The standard InChI is InChI=1S/C17H15FN2O/c18-14-8-12(5-6-19)9-16(10-14)21-15-4-3-13-2-1-7-20-17(13)11-15/h1-4,7-11H,5-6,19H2. The van der Waals surface area contributed by atoms with Crippen LogP contribution in [0.25, 0.3) is 10.9 Å². The van der Waals surface area contributed by atoms with E-state index in [1.54, 1.807) is 12.3 Å². The summed E-state index contributed by atoms with van der Waals surface area (Å²) < 4.78 is 19.3. The van der Waals surface area contributed by atoms with Crippen LogP contribution in [0, 0.1) is 5.82 Å². The Morgan fingerprint density at radius 2 is 1.95 bits per heavy atom. The molecule has 0 amide bonds. The molecule has 106 valence electrons. The number of aromatic nitrogens is 1. The van der Waals surface area contributed by atoms with Crippen molar-refractivity contribution in [3.8, 4) is 11.5 Å². The Kier molecular flexibility index (Phi) is 3.79. The summed E-state index contributed by atoms with van der Waals surface area (Å²) >= 11 is 0. The molecule has 0 saturated heterocycles. The topological polar surface area (TPSA) is 48.1 Å². The molecule has 1 aromatic heterocycles. The van der Waals surface area contributed by atoms with E-state index < -0.39 is 0 Å². The lowest BCUT2D eigenvalue weighted by atomic mass is 10.1. The van der Waals surface area contributed by atoms with Gasteiger partial charge in [-0.2, -0.15) is 0 Å². The van der Waals surface area contributed by atoms with E-state index in [0.717, 1.165) is 16.5 Å². The van der Waals surface area contributed by atoms with Crippen molar-refractivity contribution in [1.29, 1.82) is 0 Å². The molecule has 0 spiro atoms. The molecule has 0 aliphatic rings. The van der Waals surface area contributed by atoms with Crippen molar-refractivity contribution < 1.29 is 9.13 Å². The zero-order chi connectivity index (χ0) is 14.7. The minimum Gasteiger partial charge on any atom is -0.457 e. The number of hydrogen-bond acceptors (Lipinski definition) is 3. The van der Waals surface area contributed by atoms with Crippen molar-refractivity contribution in [2.45, 2.75) is 6.42 Å². The first-order valence-corrected chi connectivity index (χ1v) is 6.77. The van der Waals surface area contributed by atoms with Gasteiger partial charge in [0.1, 0.15) is 17.3 Å². The maximum atomic E-state index is 13.6. The van der Waals surface area contributed by atoms with Gasteiger partial charge in [-0.3, -0.25) is 4.98 Å². The largest absolute Gasteiger partial charge is 0.457 e. The van der Waals surface area contributed by atoms with Crippen LogP contribution in [-0.4, -0.2) is 11.5 Å². The van der Waals surface area contributed by atoms with Gasteiger partial charge in [0.25, 0.3) is 0 Å². The normalized spacial score (nSPS) is 10.8. The smallest absolute Gasteiger partial charge is 0.130 e. The molecule has 0 saturated carbocycles. The molecule has 0 atom stereocenters. The molecule has 0 radical (unpaired) electrons. The van der Waals surface area contributed by atoms with Gasteiger partial charge < -0.3 is 10.5 Å². The summed E-state index contributed by atoms with van der Waals surface area (Å²) in [5, 5.41) is 1.04. The summed E-state index contributed by atoms with van der Waals surface area (Å²) in [5.41, 5.74) is 7.17. The number of rotatable bonds is 4. The van der Waals surface area contributed by atoms with Crippen LogP contribution in [0.2, 0.25) is 0 Å². The maximum absolute atomic E-state index is 13.6. The van der Waals surface area contributed by atoms with Crippen molar-refractivity contribution in [2.24, 2.45) is 5.73 Å². The van der Waals surface area contributed by atoms with Gasteiger partial charge in [-0.05, 0) is 48.9 Å². The third-order valence-electron chi connectivity index (χ3n) is 3.18. The average Bonchev–Trinajstić information content (AvgIpc) is 2.47. The Balaban J connectivity index is 1.90. The van der Waals surface area contributed by atoms with Crippen LogP contribution in [-0.2, 0) is 6.42 Å². The summed E-state index contributed by atoms with van der Waals surface area (Å²) in [6.45, 7) is 0.475. The SMILES string of the molecule is NCCc1cc(F)cc(Oc2ccc3cccnc3c2)c1. The predicted molar refractivity (Wildman–Crippen MR) is 81.0 cm³/mol. The number of benzene rings is 2. The number of hydrogen-bond donors (Lipinski definition) is 1. The van der Waals surface area contributed by atoms with Crippen LogP contribution in [0.3, 0.4) is 0 Å². The minimum atomic E-state index is -0.324. The van der Waals surface area contributed by atoms with Crippen LogP contribution < -0.4 is 10.5 Å². The van der Waals surface area contributed by atoms with Gasteiger partial charge in [-0.15, -0.1) is 0 Å². The Bertz CT molecular complexity index is 774. The second-order valence-corrected chi connectivity index (χ2v) is 4.79. The van der Waals surface area contributed by atoms with Crippen LogP contribution >= 0.6 is 0 Å². The van der Waals surface area contributed by atoms with E-state index in [1.165, 1.54) is 12.1 Å². The van der Waals surface area contributed by atoms with E-state index in [2.05, 4.69) is 4.98 Å². The number of pyridine rings is 1. The minimum absolute atomic E-state index is 0.324. The third kappa shape index (κ3) is 3.17. The number of halogens is 1. The fourth-order valence-corrected chi connectivity index (χ4v) is 2.24. The number of fused-ring (bicyclic) bond motifs is 1. The summed E-state index contributed by atoms with van der Waals surface area (Å²) in [5.74, 6) is 0.772. The Morgan fingerprint density at radius 1 is 1.05 bits per heavy atom. The summed E-state index contributed by atoms with van der Waals surface area (Å²) in [6.07, 6.45) is 2.35. The molecule has 0 fully saturated rings. The van der Waals surface area contributed by atoms with Gasteiger partial charge >= 0.3 is 0 Å². The molecule has 1 heterocycles. The highest BCUT2D eigenvalue weighted by atomic mass is 19.1. The Hall–Kier alpha value is -2.46. The first-order chi connectivity index (χ1) is 10.2. The fraction of sp³-hybridized carbons (Fsp3) is 0.118. The average molecular weight is 282 g/mol. The predicted octanol–water partition coefficient (Wildman–Crippen LogP) is 3.67. The van der Waals surface area contributed by atoms with Crippen molar-refractivity contribution in [2.75, 3.05) is 6.54 Å². The Labute approximate surface area is 122 Å². The molecule has 0 aliphatic carbocycles. The van der Waals surface area contributed by atoms with Gasteiger partial charge in [-0.25, -0.2) is 4.39 Å². The van der Waals surface area contributed by atoms with Crippen molar-refractivity contribution in [1.82, 2.24) is 4.98 Å². The van der Waals surface area contributed by atoms with Crippen molar-refractivity contribution in [3.63, 3.8) is 0 Å². The van der Waals surface area contributed by atoms with E-state index >= 15 is 0 Å². The van der Waals surface area contributed by atoms with E-state index in [-0.39, 0.29) is 5.82 Å². The molecular formula is C17H15FN2O. The summed E-state index contributed by atoms with van der Waals surface area (Å²) in [7, 11) is 0. The second kappa shape index (κ2) is 5.89. The third-order valence-corrected chi connectivity index (χ3v) is 3.18. The zero-order valence-corrected chi connectivity index (χ0v) is 11.4. The number of ether oxygens (including phenoxy) is 1. The quantitative estimate of drug-likeness (QED) is 0.794. The zero-order valence-electron chi connectivity index (χ0n) is 11.4. The first kappa shape index (κ1) is 13.5. The highest BCUT2D eigenvalue weighted by molar-refractivity contribution is 5.79. The van der Waals surface area contributed by atoms with Crippen molar-refractivity contribution in [3.05, 3.63) is 66.1 Å². The highest BCUT2D eigenvalue weighted by Crippen LogP contribution is 2.26. The molecule has 3 aromatic rings. The van der Waals surface area contributed by atoms with Crippen LogP contribution in [0.1, 0.15) is 5.56 Å². The van der Waals surface area contributed by atoms with Gasteiger partial charge in [-0.1, -0.05) is 6.07 Å². The molecule has 2 N–H and O–H groups in total. The van der Waals surface area contributed by atoms with Crippen LogP contribution in [0.15, 0.2) is 54.7 Å². The monoisotopic (exact) mass is 282 g/mol. The molecule has 21 heavy (non-hydrogen) atoms. The van der Waals surface area contributed by atoms with Crippen LogP contribution in [0.5, 0.6) is 11.5 Å². The van der Waals surface area contributed by atoms with E-state index in [9.17, 15) is 4.39 Å². The van der Waals surface area contributed by atoms with Gasteiger partial charge in [0, 0.05) is 23.7 Å². The van der Waals surface area contributed by atoms with E-state index in [4.69, 9.17) is 10.5 Å². The lowest BCUT2D eigenvalue weighted by molar-refractivity contribution is 0.476. The van der Waals surface area contributed by atoms with Gasteiger partial charge in [0.05, 0.1) is 5.52 Å². The second-order valence-electron chi connectivity index (χ2n) is 4.79. The molecule has 0 bridgehead atoms. The molecule has 3 rings (SSSR count). The summed E-state index contributed by atoms with van der Waals surface area (Å²) in [6, 6.07) is 14.1. The number of nitrogens with two attached hydrogens (primary N) is 1. The first-order valence-electron chi connectivity index (χ1n) is 6.77. The van der Waals surface area contributed by atoms with Crippen LogP contribution in [0.4, 0.5) is 4.39 Å². The lowest BCUT2D eigenvalue weighted by Crippen LogP contribution is -2.03. The lowest BCUT2D eigenvalue weighted by Gasteiger charge is -2.08. The molecular weight excluding hydrogens is 267 g/mol. The number of nitrogens with zero attached hydrogens (tertiary/aromatic N) is 1. The summed E-state index contributed by atoms with van der Waals surface area (Å²) in [4.78, 5) is 4.28. The van der Waals surface area contributed by atoms with Gasteiger partial charge in [0.2, 0.25) is 0 Å². The van der Waals surface area contributed by atoms with E-state index in [0.29, 0.717) is 24.5 Å². The molecule has 0 unspecified atom stereocenters. The highest BCUT2D eigenvalue weighted by Gasteiger charge is 2.04. The molecule has 0 aliphatic heterocycles. The van der Waals surface area contributed by atoms with Crippen molar-refractivity contribution >= 4 is 10.9 Å². The Morgan fingerprint density at radius 3 is 2.81 bits per heavy atom. The molecule has 4 heteroatoms. The molecule has 2 aromatic carbocycles. The van der Waals surface area contributed by atoms with Gasteiger partial charge in [0.15, 0.2) is 0 Å². The molecule has 3 nitrogen and oxygen atoms in total. The maximum Gasteiger partial charge on any atom is 0.130 e.